The van der Waals surface area contributed by atoms with Gasteiger partial charge < -0.3 is 20.5 Å². The lowest BCUT2D eigenvalue weighted by atomic mass is 10.1. The summed E-state index contributed by atoms with van der Waals surface area (Å²) in [4.78, 5) is 0. The highest BCUT2D eigenvalue weighted by Crippen LogP contribution is 2.45. The van der Waals surface area contributed by atoms with Crippen LogP contribution in [-0.4, -0.2) is 27.3 Å². The van der Waals surface area contributed by atoms with Gasteiger partial charge in [0.05, 0.1) is 19.9 Å². The van der Waals surface area contributed by atoms with Crippen molar-refractivity contribution in [3.63, 3.8) is 0 Å². The van der Waals surface area contributed by atoms with E-state index in [1.807, 2.05) is 19.1 Å². The smallest absolute Gasteiger partial charge is 0.142 e. The quantitative estimate of drug-likeness (QED) is 0.812. The van der Waals surface area contributed by atoms with E-state index in [0.717, 1.165) is 35.8 Å². The molecule has 4 nitrogen and oxygen atoms in total. The zero-order valence-corrected chi connectivity index (χ0v) is 11.4. The molecule has 4 heteroatoms. The van der Waals surface area contributed by atoms with Gasteiger partial charge in [-0.25, -0.2) is 0 Å². The van der Waals surface area contributed by atoms with Crippen LogP contribution in [0.5, 0.6) is 11.5 Å². The highest BCUT2D eigenvalue weighted by molar-refractivity contribution is 5.62. The second-order valence-corrected chi connectivity index (χ2v) is 5.08. The lowest BCUT2D eigenvalue weighted by molar-refractivity contribution is 0.401. The van der Waals surface area contributed by atoms with Gasteiger partial charge in [-0.2, -0.15) is 0 Å². The van der Waals surface area contributed by atoms with Gasteiger partial charge >= 0.3 is 0 Å². The SMILES string of the molecule is COc1cc(NCC2(CN)CC2)c(OC)cc1C. The Labute approximate surface area is 108 Å². The molecule has 0 amide bonds. The van der Waals surface area contributed by atoms with Gasteiger partial charge in [0.15, 0.2) is 0 Å². The Hall–Kier alpha value is -1.42. The number of methoxy groups -OCH3 is 2. The van der Waals surface area contributed by atoms with Crippen LogP contribution < -0.4 is 20.5 Å². The number of rotatable bonds is 6. The van der Waals surface area contributed by atoms with Crippen LogP contribution in [0.25, 0.3) is 0 Å². The molecule has 1 aromatic carbocycles. The van der Waals surface area contributed by atoms with Crippen molar-refractivity contribution in [2.24, 2.45) is 11.1 Å². The van der Waals surface area contributed by atoms with Crippen molar-refractivity contribution in [2.75, 3.05) is 32.6 Å². The Balaban J connectivity index is 2.15. The number of nitrogens with two attached hydrogens (primary N) is 1. The van der Waals surface area contributed by atoms with E-state index in [2.05, 4.69) is 5.32 Å². The average molecular weight is 250 g/mol. The van der Waals surface area contributed by atoms with Crippen LogP contribution in [0.3, 0.4) is 0 Å². The van der Waals surface area contributed by atoms with Gasteiger partial charge in [-0.3, -0.25) is 0 Å². The second kappa shape index (κ2) is 5.06. The summed E-state index contributed by atoms with van der Waals surface area (Å²) in [6.45, 7) is 3.64. The molecule has 3 N–H and O–H groups in total. The van der Waals surface area contributed by atoms with E-state index in [1.165, 1.54) is 12.8 Å². The first kappa shape index (κ1) is 13.0. The van der Waals surface area contributed by atoms with Crippen LogP contribution in [-0.2, 0) is 0 Å². The third kappa shape index (κ3) is 2.53. The summed E-state index contributed by atoms with van der Waals surface area (Å²) in [6.07, 6.45) is 2.42. The largest absolute Gasteiger partial charge is 0.496 e. The number of nitrogens with one attached hydrogen (secondary N) is 1. The Bertz CT molecular complexity index is 428. The standard InChI is InChI=1S/C14H22N2O2/c1-10-6-13(18-3)11(7-12(10)17-2)16-9-14(8-15)4-5-14/h6-7,16H,4-5,8-9,15H2,1-3H3. The van der Waals surface area contributed by atoms with Crippen molar-refractivity contribution in [1.29, 1.82) is 0 Å². The first-order valence-electron chi connectivity index (χ1n) is 6.31. The molecule has 1 aliphatic carbocycles. The molecule has 0 bridgehead atoms. The fourth-order valence-electron chi connectivity index (χ4n) is 2.10. The average Bonchev–Trinajstić information content (AvgIpc) is 3.17. The summed E-state index contributed by atoms with van der Waals surface area (Å²) in [5.41, 5.74) is 8.12. The molecule has 2 rings (SSSR count). The topological polar surface area (TPSA) is 56.5 Å². The number of ether oxygens (including phenoxy) is 2. The maximum absolute atomic E-state index is 5.79. The molecule has 1 saturated carbocycles. The number of benzene rings is 1. The molecule has 0 radical (unpaired) electrons. The fourth-order valence-corrected chi connectivity index (χ4v) is 2.10. The molecular weight excluding hydrogens is 228 g/mol. The maximum atomic E-state index is 5.79. The molecule has 0 unspecified atom stereocenters. The molecule has 1 fully saturated rings. The van der Waals surface area contributed by atoms with E-state index >= 15 is 0 Å². The van der Waals surface area contributed by atoms with Crippen LogP contribution in [0.15, 0.2) is 12.1 Å². The predicted molar refractivity (Wildman–Crippen MR) is 73.5 cm³/mol. The normalized spacial score (nSPS) is 16.2. The number of hydrogen-bond acceptors (Lipinski definition) is 4. The molecule has 0 aromatic heterocycles. The van der Waals surface area contributed by atoms with Gasteiger partial charge in [-0.15, -0.1) is 0 Å². The fraction of sp³-hybridized carbons (Fsp3) is 0.571. The summed E-state index contributed by atoms with van der Waals surface area (Å²) < 4.78 is 10.7. The number of anilines is 1. The molecular formula is C14H22N2O2. The molecule has 0 heterocycles. The highest BCUT2D eigenvalue weighted by Gasteiger charge is 2.40. The Morgan fingerprint density at radius 2 is 1.89 bits per heavy atom. The molecule has 18 heavy (non-hydrogen) atoms. The second-order valence-electron chi connectivity index (χ2n) is 5.08. The van der Waals surface area contributed by atoms with Crippen molar-refractivity contribution >= 4 is 5.69 Å². The number of hydrogen-bond donors (Lipinski definition) is 2. The Kier molecular flexibility index (Phi) is 3.66. The zero-order valence-electron chi connectivity index (χ0n) is 11.4. The van der Waals surface area contributed by atoms with Crippen LogP contribution in [0, 0.1) is 12.3 Å². The molecule has 100 valence electrons. The molecule has 0 spiro atoms. The molecule has 1 aliphatic rings. The first-order chi connectivity index (χ1) is 8.64. The van der Waals surface area contributed by atoms with E-state index in [9.17, 15) is 0 Å². The predicted octanol–water partition coefficient (Wildman–Crippen LogP) is 2.16. The van der Waals surface area contributed by atoms with Crippen LogP contribution >= 0.6 is 0 Å². The van der Waals surface area contributed by atoms with Crippen LogP contribution in [0.4, 0.5) is 5.69 Å². The van der Waals surface area contributed by atoms with E-state index in [1.54, 1.807) is 14.2 Å². The van der Waals surface area contributed by atoms with Gasteiger partial charge in [0.2, 0.25) is 0 Å². The Morgan fingerprint density at radius 3 is 2.39 bits per heavy atom. The van der Waals surface area contributed by atoms with Crippen molar-refractivity contribution in [3.8, 4) is 11.5 Å². The highest BCUT2D eigenvalue weighted by atomic mass is 16.5. The van der Waals surface area contributed by atoms with Gasteiger partial charge in [0.25, 0.3) is 0 Å². The van der Waals surface area contributed by atoms with Crippen LogP contribution in [0.1, 0.15) is 18.4 Å². The summed E-state index contributed by atoms with van der Waals surface area (Å²) in [7, 11) is 3.36. The van der Waals surface area contributed by atoms with Crippen LogP contribution in [0.2, 0.25) is 0 Å². The van der Waals surface area contributed by atoms with Crippen molar-refractivity contribution in [1.82, 2.24) is 0 Å². The van der Waals surface area contributed by atoms with E-state index in [-0.39, 0.29) is 0 Å². The van der Waals surface area contributed by atoms with E-state index in [4.69, 9.17) is 15.2 Å². The minimum atomic E-state index is 0.295. The van der Waals surface area contributed by atoms with Crippen molar-refractivity contribution in [2.45, 2.75) is 19.8 Å². The van der Waals surface area contributed by atoms with Gasteiger partial charge in [-0.1, -0.05) is 0 Å². The lowest BCUT2D eigenvalue weighted by Crippen LogP contribution is -2.24. The summed E-state index contributed by atoms with van der Waals surface area (Å²) in [5.74, 6) is 1.72. The maximum Gasteiger partial charge on any atom is 0.142 e. The van der Waals surface area contributed by atoms with Gasteiger partial charge in [0, 0.05) is 12.6 Å². The van der Waals surface area contributed by atoms with E-state index in [0.29, 0.717) is 5.41 Å². The minimum absolute atomic E-state index is 0.295. The minimum Gasteiger partial charge on any atom is -0.496 e. The first-order valence-corrected chi connectivity index (χ1v) is 6.31. The number of aryl methyl sites for hydroxylation is 1. The molecule has 0 aliphatic heterocycles. The Morgan fingerprint density at radius 1 is 1.22 bits per heavy atom. The molecule has 0 atom stereocenters. The van der Waals surface area contributed by atoms with Gasteiger partial charge in [0.1, 0.15) is 11.5 Å². The molecule has 1 aromatic rings. The third-order valence-corrected chi connectivity index (χ3v) is 3.76. The zero-order chi connectivity index (χ0) is 13.2. The summed E-state index contributed by atoms with van der Waals surface area (Å²) in [6, 6.07) is 3.98. The van der Waals surface area contributed by atoms with Crippen molar-refractivity contribution < 1.29 is 9.47 Å². The lowest BCUT2D eigenvalue weighted by Gasteiger charge is -2.18. The third-order valence-electron chi connectivity index (χ3n) is 3.76. The monoisotopic (exact) mass is 250 g/mol. The summed E-state index contributed by atoms with van der Waals surface area (Å²) >= 11 is 0. The molecule has 0 saturated heterocycles. The van der Waals surface area contributed by atoms with E-state index < -0.39 is 0 Å². The van der Waals surface area contributed by atoms with Crippen molar-refractivity contribution in [3.05, 3.63) is 17.7 Å². The van der Waals surface area contributed by atoms with Gasteiger partial charge in [-0.05, 0) is 43.4 Å². The summed E-state index contributed by atoms with van der Waals surface area (Å²) in [5, 5.41) is 3.43.